The van der Waals surface area contributed by atoms with Gasteiger partial charge in [-0.3, -0.25) is 4.79 Å². The van der Waals surface area contributed by atoms with E-state index in [9.17, 15) is 13.2 Å². The second-order valence-corrected chi connectivity index (χ2v) is 8.59. The molecule has 2 rings (SSSR count). The maximum absolute atomic E-state index is 12.6. The molecule has 1 heterocycles. The van der Waals surface area contributed by atoms with Gasteiger partial charge in [0.25, 0.3) is 5.91 Å². The minimum absolute atomic E-state index is 0.0149. The zero-order valence-corrected chi connectivity index (χ0v) is 15.3. The van der Waals surface area contributed by atoms with E-state index >= 15 is 0 Å². The number of likely N-dealkylation sites (N-methyl/N-ethyl adjacent to an activating group) is 1. The number of amides is 1. The fourth-order valence-corrected chi connectivity index (χ4v) is 4.84. The third-order valence-corrected chi connectivity index (χ3v) is 6.10. The standard InChI is InChI=1S/C15H19Cl2NO4S/c1-3-18(12-6-7-23(20,21)9-12)15(19)10(2)22-14-5-4-11(16)8-13(14)17/h4-5,8,10,12H,3,6-7,9H2,1-2H3. The van der Waals surface area contributed by atoms with E-state index < -0.39 is 15.9 Å². The molecule has 128 valence electrons. The smallest absolute Gasteiger partial charge is 0.263 e. The second kappa shape index (κ2) is 7.28. The van der Waals surface area contributed by atoms with Crippen molar-refractivity contribution in [3.63, 3.8) is 0 Å². The normalized spacial score (nSPS) is 21.0. The topological polar surface area (TPSA) is 63.7 Å². The van der Waals surface area contributed by atoms with Crippen molar-refractivity contribution >= 4 is 38.9 Å². The summed E-state index contributed by atoms with van der Waals surface area (Å²) in [5.41, 5.74) is 0. The van der Waals surface area contributed by atoms with E-state index in [1.165, 1.54) is 6.07 Å². The van der Waals surface area contributed by atoms with E-state index in [0.29, 0.717) is 28.8 Å². The number of rotatable bonds is 5. The van der Waals surface area contributed by atoms with Gasteiger partial charge in [-0.05, 0) is 38.5 Å². The number of halogens is 2. The minimum atomic E-state index is -3.05. The summed E-state index contributed by atoms with van der Waals surface area (Å²) < 4.78 is 28.9. The van der Waals surface area contributed by atoms with E-state index in [2.05, 4.69) is 0 Å². The Labute approximate surface area is 146 Å². The predicted octanol–water partition coefficient (Wildman–Crippen LogP) is 2.80. The van der Waals surface area contributed by atoms with Gasteiger partial charge in [-0.25, -0.2) is 8.42 Å². The maximum Gasteiger partial charge on any atom is 0.263 e. The highest BCUT2D eigenvalue weighted by atomic mass is 35.5. The first-order valence-electron chi connectivity index (χ1n) is 7.36. The van der Waals surface area contributed by atoms with E-state index in [-0.39, 0.29) is 23.5 Å². The van der Waals surface area contributed by atoms with Gasteiger partial charge in [-0.15, -0.1) is 0 Å². The molecule has 1 amide bonds. The predicted molar refractivity (Wildman–Crippen MR) is 91.0 cm³/mol. The summed E-state index contributed by atoms with van der Waals surface area (Å²) in [5, 5.41) is 0.802. The molecule has 2 atom stereocenters. The fourth-order valence-electron chi connectivity index (χ4n) is 2.66. The van der Waals surface area contributed by atoms with Crippen LogP contribution in [0.1, 0.15) is 20.3 Å². The minimum Gasteiger partial charge on any atom is -0.479 e. The molecule has 0 radical (unpaired) electrons. The van der Waals surface area contributed by atoms with Crippen LogP contribution in [-0.2, 0) is 14.6 Å². The van der Waals surface area contributed by atoms with Gasteiger partial charge in [0.2, 0.25) is 0 Å². The van der Waals surface area contributed by atoms with Crippen LogP contribution in [0.15, 0.2) is 18.2 Å². The first kappa shape index (κ1) is 18.4. The van der Waals surface area contributed by atoms with E-state index in [1.807, 2.05) is 6.92 Å². The Kier molecular flexibility index (Phi) is 5.81. The van der Waals surface area contributed by atoms with Crippen LogP contribution in [0, 0.1) is 0 Å². The molecule has 1 aliphatic heterocycles. The molecule has 5 nitrogen and oxygen atoms in total. The Morgan fingerprint density at radius 1 is 1.43 bits per heavy atom. The lowest BCUT2D eigenvalue weighted by molar-refractivity contribution is -0.139. The molecule has 8 heteroatoms. The quantitative estimate of drug-likeness (QED) is 0.788. The highest BCUT2D eigenvalue weighted by Crippen LogP contribution is 2.29. The number of sulfone groups is 1. The third kappa shape index (κ3) is 4.52. The lowest BCUT2D eigenvalue weighted by atomic mass is 10.2. The van der Waals surface area contributed by atoms with E-state index in [4.69, 9.17) is 27.9 Å². The van der Waals surface area contributed by atoms with Gasteiger partial charge < -0.3 is 9.64 Å². The van der Waals surface area contributed by atoms with Gasteiger partial charge in [0.05, 0.1) is 16.5 Å². The number of benzene rings is 1. The lowest BCUT2D eigenvalue weighted by Crippen LogP contribution is -2.46. The van der Waals surface area contributed by atoms with Gasteiger partial charge in [-0.1, -0.05) is 23.2 Å². The Balaban J connectivity index is 2.08. The van der Waals surface area contributed by atoms with Crippen molar-refractivity contribution in [2.24, 2.45) is 0 Å². The summed E-state index contributed by atoms with van der Waals surface area (Å²) in [6, 6.07) is 4.48. The third-order valence-electron chi connectivity index (χ3n) is 3.82. The van der Waals surface area contributed by atoms with Crippen LogP contribution >= 0.6 is 23.2 Å². The van der Waals surface area contributed by atoms with Crippen LogP contribution < -0.4 is 4.74 Å². The highest BCUT2D eigenvalue weighted by molar-refractivity contribution is 7.91. The van der Waals surface area contributed by atoms with Crippen molar-refractivity contribution in [3.8, 4) is 5.75 Å². The van der Waals surface area contributed by atoms with Crippen LogP contribution in [0.25, 0.3) is 0 Å². The molecule has 0 aliphatic carbocycles. The molecule has 0 N–H and O–H groups in total. The monoisotopic (exact) mass is 379 g/mol. The summed E-state index contributed by atoms with van der Waals surface area (Å²) in [4.78, 5) is 14.2. The SMILES string of the molecule is CCN(C(=O)C(C)Oc1ccc(Cl)cc1Cl)C1CCS(=O)(=O)C1. The summed E-state index contributed by atoms with van der Waals surface area (Å²) in [6.07, 6.45) is -0.298. The second-order valence-electron chi connectivity index (χ2n) is 5.52. The van der Waals surface area contributed by atoms with Gasteiger partial charge in [-0.2, -0.15) is 0 Å². The zero-order chi connectivity index (χ0) is 17.2. The summed E-state index contributed by atoms with van der Waals surface area (Å²) in [6.45, 7) is 3.88. The highest BCUT2D eigenvalue weighted by Gasteiger charge is 2.35. The summed E-state index contributed by atoms with van der Waals surface area (Å²) >= 11 is 11.9. The molecule has 1 fully saturated rings. The molecular weight excluding hydrogens is 361 g/mol. The number of ether oxygens (including phenoxy) is 1. The molecule has 0 aromatic heterocycles. The number of hydrogen-bond acceptors (Lipinski definition) is 4. The molecule has 0 saturated carbocycles. The van der Waals surface area contributed by atoms with E-state index in [1.54, 1.807) is 24.0 Å². The van der Waals surface area contributed by atoms with Crippen molar-refractivity contribution in [3.05, 3.63) is 28.2 Å². The van der Waals surface area contributed by atoms with Gasteiger partial charge in [0.1, 0.15) is 5.75 Å². The maximum atomic E-state index is 12.6. The lowest BCUT2D eigenvalue weighted by Gasteiger charge is -2.29. The van der Waals surface area contributed by atoms with Crippen molar-refractivity contribution in [1.29, 1.82) is 0 Å². The first-order chi connectivity index (χ1) is 10.7. The van der Waals surface area contributed by atoms with Crippen molar-refractivity contribution < 1.29 is 17.9 Å². The van der Waals surface area contributed by atoms with Gasteiger partial charge in [0.15, 0.2) is 15.9 Å². The van der Waals surface area contributed by atoms with Crippen molar-refractivity contribution in [2.75, 3.05) is 18.1 Å². The first-order valence-corrected chi connectivity index (χ1v) is 9.94. The number of carbonyl (C=O) groups excluding carboxylic acids is 1. The largest absolute Gasteiger partial charge is 0.479 e. The van der Waals surface area contributed by atoms with Crippen molar-refractivity contribution in [2.45, 2.75) is 32.4 Å². The van der Waals surface area contributed by atoms with Gasteiger partial charge in [0, 0.05) is 17.6 Å². The molecule has 1 aromatic rings. The van der Waals surface area contributed by atoms with Gasteiger partial charge >= 0.3 is 0 Å². The number of hydrogen-bond donors (Lipinski definition) is 0. The van der Waals surface area contributed by atoms with Crippen LogP contribution in [0.5, 0.6) is 5.75 Å². The van der Waals surface area contributed by atoms with Crippen molar-refractivity contribution in [1.82, 2.24) is 4.90 Å². The molecule has 23 heavy (non-hydrogen) atoms. The van der Waals surface area contributed by atoms with Crippen LogP contribution in [0.2, 0.25) is 10.0 Å². The average Bonchev–Trinajstić information content (AvgIpc) is 2.82. The molecular formula is C15H19Cl2NO4S. The zero-order valence-electron chi connectivity index (χ0n) is 13.0. The van der Waals surface area contributed by atoms with Crippen LogP contribution in [0.4, 0.5) is 0 Å². The Bertz CT molecular complexity index is 693. The number of carbonyl (C=O) groups is 1. The Morgan fingerprint density at radius 3 is 2.65 bits per heavy atom. The van der Waals surface area contributed by atoms with E-state index in [0.717, 1.165) is 0 Å². The molecule has 1 aromatic carbocycles. The van der Waals surface area contributed by atoms with Crippen LogP contribution in [-0.4, -0.2) is 49.4 Å². The number of nitrogens with zero attached hydrogens (tertiary/aromatic N) is 1. The Hall–Kier alpha value is -0.980. The summed E-state index contributed by atoms with van der Waals surface area (Å²) in [7, 11) is -3.05. The van der Waals surface area contributed by atoms with Crippen LogP contribution in [0.3, 0.4) is 0 Å². The fraction of sp³-hybridized carbons (Fsp3) is 0.533. The Morgan fingerprint density at radius 2 is 2.13 bits per heavy atom. The molecule has 2 unspecified atom stereocenters. The molecule has 1 aliphatic rings. The molecule has 0 spiro atoms. The average molecular weight is 380 g/mol. The molecule has 0 bridgehead atoms. The summed E-state index contributed by atoms with van der Waals surface area (Å²) in [5.74, 6) is 0.258. The molecule has 1 saturated heterocycles.